The van der Waals surface area contributed by atoms with Crippen LogP contribution in [0.2, 0.25) is 0 Å². The SMILES string of the molecule is CNC[C@@H]1CCCCN1C(=O)[C@@H]1CC[C@H](C(=O)O)C1. The number of rotatable bonds is 4. The molecular weight excluding hydrogens is 244 g/mol. The fourth-order valence-corrected chi connectivity index (χ4v) is 3.40. The fourth-order valence-electron chi connectivity index (χ4n) is 3.40. The zero-order valence-electron chi connectivity index (χ0n) is 11.6. The van der Waals surface area contributed by atoms with Crippen molar-refractivity contribution in [2.45, 2.75) is 44.6 Å². The van der Waals surface area contributed by atoms with Crippen LogP contribution in [-0.2, 0) is 9.59 Å². The van der Waals surface area contributed by atoms with E-state index in [4.69, 9.17) is 5.11 Å². The maximum atomic E-state index is 12.6. The van der Waals surface area contributed by atoms with Crippen molar-refractivity contribution in [3.63, 3.8) is 0 Å². The van der Waals surface area contributed by atoms with Crippen LogP contribution in [0.15, 0.2) is 0 Å². The maximum Gasteiger partial charge on any atom is 0.306 e. The van der Waals surface area contributed by atoms with E-state index in [1.54, 1.807) is 0 Å². The number of carboxylic acids is 1. The first kappa shape index (κ1) is 14.3. The van der Waals surface area contributed by atoms with E-state index in [1.807, 2.05) is 11.9 Å². The van der Waals surface area contributed by atoms with Gasteiger partial charge in [0, 0.05) is 25.0 Å². The molecule has 0 unspecified atom stereocenters. The first-order chi connectivity index (χ1) is 9.13. The number of nitrogens with zero attached hydrogens (tertiary/aromatic N) is 1. The van der Waals surface area contributed by atoms with Crippen molar-refractivity contribution in [1.29, 1.82) is 0 Å². The Labute approximate surface area is 114 Å². The molecule has 0 bridgehead atoms. The van der Waals surface area contributed by atoms with Crippen molar-refractivity contribution >= 4 is 11.9 Å². The molecule has 0 aromatic rings. The lowest BCUT2D eigenvalue weighted by molar-refractivity contribution is -0.142. The van der Waals surface area contributed by atoms with Crippen LogP contribution in [0.5, 0.6) is 0 Å². The van der Waals surface area contributed by atoms with Crippen LogP contribution in [0.4, 0.5) is 0 Å². The van der Waals surface area contributed by atoms with Crippen LogP contribution in [0, 0.1) is 11.8 Å². The molecule has 1 amide bonds. The Hall–Kier alpha value is -1.10. The van der Waals surface area contributed by atoms with Gasteiger partial charge in [0.25, 0.3) is 0 Å². The maximum absolute atomic E-state index is 12.6. The van der Waals surface area contributed by atoms with Gasteiger partial charge < -0.3 is 15.3 Å². The Morgan fingerprint density at radius 3 is 2.58 bits per heavy atom. The van der Waals surface area contributed by atoms with Gasteiger partial charge in [0.2, 0.25) is 5.91 Å². The van der Waals surface area contributed by atoms with Gasteiger partial charge in [0.05, 0.1) is 5.92 Å². The lowest BCUT2D eigenvalue weighted by Gasteiger charge is -2.37. The number of amides is 1. The van der Waals surface area contributed by atoms with E-state index in [-0.39, 0.29) is 23.8 Å². The van der Waals surface area contributed by atoms with E-state index in [0.29, 0.717) is 12.8 Å². The van der Waals surface area contributed by atoms with Crippen LogP contribution in [0.25, 0.3) is 0 Å². The van der Waals surface area contributed by atoms with Crippen LogP contribution in [-0.4, -0.2) is 48.1 Å². The van der Waals surface area contributed by atoms with Crippen LogP contribution < -0.4 is 5.32 Å². The summed E-state index contributed by atoms with van der Waals surface area (Å²) in [4.78, 5) is 25.5. The summed E-state index contributed by atoms with van der Waals surface area (Å²) in [6.45, 7) is 1.67. The number of carbonyl (C=O) groups excluding carboxylic acids is 1. The van der Waals surface area contributed by atoms with Crippen molar-refractivity contribution in [3.8, 4) is 0 Å². The monoisotopic (exact) mass is 268 g/mol. The molecule has 2 N–H and O–H groups in total. The molecule has 108 valence electrons. The summed E-state index contributed by atoms with van der Waals surface area (Å²) < 4.78 is 0. The Kier molecular flexibility index (Phi) is 4.80. The van der Waals surface area contributed by atoms with E-state index < -0.39 is 5.97 Å². The second-order valence-corrected chi connectivity index (χ2v) is 5.78. The first-order valence-corrected chi connectivity index (χ1v) is 7.31. The number of likely N-dealkylation sites (tertiary alicyclic amines) is 1. The zero-order valence-corrected chi connectivity index (χ0v) is 11.6. The Bertz CT molecular complexity index is 344. The van der Waals surface area contributed by atoms with Crippen molar-refractivity contribution in [1.82, 2.24) is 10.2 Å². The third-order valence-corrected chi connectivity index (χ3v) is 4.48. The number of carboxylic acid groups (broad SMARTS) is 1. The molecule has 0 spiro atoms. The van der Waals surface area contributed by atoms with Crippen molar-refractivity contribution in [3.05, 3.63) is 0 Å². The van der Waals surface area contributed by atoms with E-state index in [2.05, 4.69) is 5.32 Å². The van der Waals surface area contributed by atoms with Gasteiger partial charge in [-0.1, -0.05) is 0 Å². The summed E-state index contributed by atoms with van der Waals surface area (Å²) >= 11 is 0. The average Bonchev–Trinajstić information content (AvgIpc) is 2.89. The minimum Gasteiger partial charge on any atom is -0.481 e. The van der Waals surface area contributed by atoms with Gasteiger partial charge in [-0.15, -0.1) is 0 Å². The number of hydrogen-bond acceptors (Lipinski definition) is 3. The first-order valence-electron chi connectivity index (χ1n) is 7.31. The van der Waals surface area contributed by atoms with E-state index in [1.165, 1.54) is 6.42 Å². The summed E-state index contributed by atoms with van der Waals surface area (Å²) in [5, 5.41) is 12.2. The normalized spacial score (nSPS) is 31.4. The molecule has 1 aliphatic carbocycles. The molecule has 1 heterocycles. The Balaban J connectivity index is 1.96. The molecule has 5 nitrogen and oxygen atoms in total. The van der Waals surface area contributed by atoms with Crippen molar-refractivity contribution in [2.24, 2.45) is 11.8 Å². The van der Waals surface area contributed by atoms with Crippen molar-refractivity contribution < 1.29 is 14.7 Å². The molecule has 5 heteroatoms. The lowest BCUT2D eigenvalue weighted by atomic mass is 9.97. The number of piperidine rings is 1. The fraction of sp³-hybridized carbons (Fsp3) is 0.857. The molecule has 1 aliphatic heterocycles. The molecule has 3 atom stereocenters. The molecule has 2 fully saturated rings. The van der Waals surface area contributed by atoms with Gasteiger partial charge in [-0.2, -0.15) is 0 Å². The predicted octanol–water partition coefficient (Wildman–Crippen LogP) is 1.09. The topological polar surface area (TPSA) is 69.6 Å². The molecule has 0 aromatic heterocycles. The second kappa shape index (κ2) is 6.37. The summed E-state index contributed by atoms with van der Waals surface area (Å²) in [5.41, 5.74) is 0. The third kappa shape index (κ3) is 3.26. The standard InChI is InChI=1S/C14H24N2O3/c1-15-9-12-4-2-3-7-16(12)13(17)10-5-6-11(8-10)14(18)19/h10-12,15H,2-9H2,1H3,(H,18,19)/t10-,11+,12+/m1/s1. The molecule has 2 rings (SSSR count). The Morgan fingerprint density at radius 1 is 1.21 bits per heavy atom. The van der Waals surface area contributed by atoms with Crippen molar-refractivity contribution in [2.75, 3.05) is 20.1 Å². The molecule has 0 radical (unpaired) electrons. The number of likely N-dealkylation sites (N-methyl/N-ethyl adjacent to an activating group) is 1. The Morgan fingerprint density at radius 2 is 1.95 bits per heavy atom. The summed E-state index contributed by atoms with van der Waals surface area (Å²) in [5.74, 6) is -0.954. The van der Waals surface area contributed by atoms with Crippen LogP contribution >= 0.6 is 0 Å². The summed E-state index contributed by atoms with van der Waals surface area (Å²) in [6, 6.07) is 0.287. The summed E-state index contributed by atoms with van der Waals surface area (Å²) in [7, 11) is 1.91. The second-order valence-electron chi connectivity index (χ2n) is 5.78. The van der Waals surface area contributed by atoms with Gasteiger partial charge in [0.1, 0.15) is 0 Å². The van der Waals surface area contributed by atoms with Gasteiger partial charge in [0.15, 0.2) is 0 Å². The highest BCUT2D eigenvalue weighted by Crippen LogP contribution is 2.33. The molecule has 1 saturated heterocycles. The minimum absolute atomic E-state index is 0.0708. The molecule has 2 aliphatic rings. The highest BCUT2D eigenvalue weighted by Gasteiger charge is 2.38. The highest BCUT2D eigenvalue weighted by atomic mass is 16.4. The number of nitrogens with one attached hydrogen (secondary N) is 1. The molecule has 1 saturated carbocycles. The predicted molar refractivity (Wildman–Crippen MR) is 71.7 cm³/mol. The quantitative estimate of drug-likeness (QED) is 0.800. The largest absolute Gasteiger partial charge is 0.481 e. The molecule has 0 aromatic carbocycles. The van der Waals surface area contributed by atoms with Gasteiger partial charge in [-0.3, -0.25) is 9.59 Å². The average molecular weight is 268 g/mol. The van der Waals surface area contributed by atoms with Gasteiger partial charge >= 0.3 is 5.97 Å². The number of carbonyl (C=O) groups is 2. The minimum atomic E-state index is -0.749. The van der Waals surface area contributed by atoms with Gasteiger partial charge in [-0.25, -0.2) is 0 Å². The van der Waals surface area contributed by atoms with Crippen LogP contribution in [0.1, 0.15) is 38.5 Å². The zero-order chi connectivity index (χ0) is 13.8. The van der Waals surface area contributed by atoms with E-state index in [0.717, 1.165) is 32.4 Å². The third-order valence-electron chi connectivity index (χ3n) is 4.48. The lowest BCUT2D eigenvalue weighted by Crippen LogP contribution is -2.49. The van der Waals surface area contributed by atoms with E-state index >= 15 is 0 Å². The number of aliphatic carboxylic acids is 1. The highest BCUT2D eigenvalue weighted by molar-refractivity contribution is 5.81. The van der Waals surface area contributed by atoms with Gasteiger partial charge in [-0.05, 0) is 45.6 Å². The smallest absolute Gasteiger partial charge is 0.306 e. The molecule has 19 heavy (non-hydrogen) atoms. The van der Waals surface area contributed by atoms with Crippen LogP contribution in [0.3, 0.4) is 0 Å². The van der Waals surface area contributed by atoms with E-state index in [9.17, 15) is 9.59 Å². The molecular formula is C14H24N2O3. The number of hydrogen-bond donors (Lipinski definition) is 2. The summed E-state index contributed by atoms with van der Waals surface area (Å²) in [6.07, 6.45) is 5.22.